The van der Waals surface area contributed by atoms with Gasteiger partial charge in [0.2, 0.25) is 0 Å². The molecular formula is C13H23NO2. The summed E-state index contributed by atoms with van der Waals surface area (Å²) in [6.07, 6.45) is 5.94. The minimum absolute atomic E-state index is 0.312. The lowest BCUT2D eigenvalue weighted by Crippen LogP contribution is -2.46. The Labute approximate surface area is 97.8 Å². The molecule has 16 heavy (non-hydrogen) atoms. The largest absolute Gasteiger partial charge is 0.389 e. The van der Waals surface area contributed by atoms with Gasteiger partial charge in [-0.15, -0.1) is 0 Å². The van der Waals surface area contributed by atoms with E-state index >= 15 is 0 Å². The molecule has 1 aliphatic carbocycles. The summed E-state index contributed by atoms with van der Waals surface area (Å²) in [7, 11) is 0. The van der Waals surface area contributed by atoms with Gasteiger partial charge in [0.1, 0.15) is 5.78 Å². The van der Waals surface area contributed by atoms with Crippen LogP contribution in [0.3, 0.4) is 0 Å². The van der Waals surface area contributed by atoms with Gasteiger partial charge < -0.3 is 10.0 Å². The highest BCUT2D eigenvalue weighted by molar-refractivity contribution is 5.82. The van der Waals surface area contributed by atoms with Crippen LogP contribution in [0.15, 0.2) is 0 Å². The van der Waals surface area contributed by atoms with Crippen LogP contribution in [-0.4, -0.2) is 41.0 Å². The molecule has 1 saturated heterocycles. The van der Waals surface area contributed by atoms with Crippen molar-refractivity contribution in [2.24, 2.45) is 5.92 Å². The van der Waals surface area contributed by atoms with E-state index < -0.39 is 5.60 Å². The van der Waals surface area contributed by atoms with Gasteiger partial charge in [-0.05, 0) is 52.1 Å². The van der Waals surface area contributed by atoms with Gasteiger partial charge in [-0.25, -0.2) is 0 Å². The van der Waals surface area contributed by atoms with Crippen molar-refractivity contribution in [3.63, 3.8) is 0 Å². The van der Waals surface area contributed by atoms with Gasteiger partial charge >= 0.3 is 0 Å². The summed E-state index contributed by atoms with van der Waals surface area (Å²) in [5.74, 6) is 0.774. The third-order valence-corrected chi connectivity index (χ3v) is 3.98. The van der Waals surface area contributed by atoms with Crippen molar-refractivity contribution in [3.8, 4) is 0 Å². The highest BCUT2D eigenvalue weighted by atomic mass is 16.3. The van der Waals surface area contributed by atoms with Crippen molar-refractivity contribution in [2.75, 3.05) is 19.6 Å². The van der Waals surface area contributed by atoms with E-state index in [0.29, 0.717) is 11.7 Å². The maximum Gasteiger partial charge on any atom is 0.136 e. The number of hydrogen-bond donors (Lipinski definition) is 1. The van der Waals surface area contributed by atoms with Crippen LogP contribution in [-0.2, 0) is 4.79 Å². The van der Waals surface area contributed by atoms with Crippen molar-refractivity contribution in [3.05, 3.63) is 0 Å². The number of aliphatic hydroxyl groups is 1. The SMILES string of the molecule is CC1(O)CCCN(CCC2CCCC2=O)C1. The van der Waals surface area contributed by atoms with Gasteiger partial charge in [-0.1, -0.05) is 0 Å². The van der Waals surface area contributed by atoms with Gasteiger partial charge in [0, 0.05) is 18.9 Å². The molecule has 0 aromatic carbocycles. The zero-order valence-electron chi connectivity index (χ0n) is 10.2. The minimum Gasteiger partial charge on any atom is -0.389 e. The molecule has 1 saturated carbocycles. The number of carbonyl (C=O) groups is 1. The van der Waals surface area contributed by atoms with E-state index in [-0.39, 0.29) is 0 Å². The quantitative estimate of drug-likeness (QED) is 0.793. The van der Waals surface area contributed by atoms with Crippen molar-refractivity contribution in [2.45, 2.75) is 51.0 Å². The summed E-state index contributed by atoms with van der Waals surface area (Å²) in [6, 6.07) is 0. The first-order valence-corrected chi connectivity index (χ1v) is 6.54. The first kappa shape index (κ1) is 12.1. The molecule has 0 amide bonds. The van der Waals surface area contributed by atoms with Crippen LogP contribution in [0.1, 0.15) is 45.4 Å². The predicted octanol–water partition coefficient (Wildman–Crippen LogP) is 1.59. The Kier molecular flexibility index (Phi) is 3.65. The molecule has 2 rings (SSSR count). The average Bonchev–Trinajstić information content (AvgIpc) is 2.60. The Bertz CT molecular complexity index is 263. The number of hydrogen-bond acceptors (Lipinski definition) is 3. The van der Waals surface area contributed by atoms with Gasteiger partial charge in [0.15, 0.2) is 0 Å². The maximum absolute atomic E-state index is 11.5. The van der Waals surface area contributed by atoms with Crippen molar-refractivity contribution in [1.82, 2.24) is 4.90 Å². The van der Waals surface area contributed by atoms with Gasteiger partial charge in [0.05, 0.1) is 5.60 Å². The number of nitrogens with zero attached hydrogens (tertiary/aromatic N) is 1. The Morgan fingerprint density at radius 3 is 2.94 bits per heavy atom. The van der Waals surface area contributed by atoms with Gasteiger partial charge in [-0.2, -0.15) is 0 Å². The molecule has 1 N–H and O–H groups in total. The van der Waals surface area contributed by atoms with Crippen LogP contribution >= 0.6 is 0 Å². The van der Waals surface area contributed by atoms with Crippen molar-refractivity contribution < 1.29 is 9.90 Å². The maximum atomic E-state index is 11.5. The van der Waals surface area contributed by atoms with E-state index in [0.717, 1.165) is 58.2 Å². The Morgan fingerprint density at radius 1 is 1.50 bits per heavy atom. The third-order valence-electron chi connectivity index (χ3n) is 3.98. The zero-order chi connectivity index (χ0) is 11.6. The van der Waals surface area contributed by atoms with Gasteiger partial charge in [-0.3, -0.25) is 4.79 Å². The lowest BCUT2D eigenvalue weighted by atomic mass is 9.94. The highest BCUT2D eigenvalue weighted by Crippen LogP contribution is 2.26. The van der Waals surface area contributed by atoms with E-state index in [2.05, 4.69) is 4.90 Å². The van der Waals surface area contributed by atoms with Crippen molar-refractivity contribution >= 4 is 5.78 Å². The minimum atomic E-state index is -0.516. The molecule has 1 heterocycles. The molecule has 92 valence electrons. The summed E-state index contributed by atoms with van der Waals surface area (Å²) < 4.78 is 0. The van der Waals surface area contributed by atoms with Crippen LogP contribution in [0.2, 0.25) is 0 Å². The molecule has 0 bridgehead atoms. The van der Waals surface area contributed by atoms with Crippen LogP contribution in [0, 0.1) is 5.92 Å². The van der Waals surface area contributed by atoms with E-state index in [9.17, 15) is 9.90 Å². The summed E-state index contributed by atoms with van der Waals surface area (Å²) in [4.78, 5) is 13.8. The monoisotopic (exact) mass is 225 g/mol. The van der Waals surface area contributed by atoms with Crippen LogP contribution < -0.4 is 0 Å². The molecule has 2 unspecified atom stereocenters. The van der Waals surface area contributed by atoms with Crippen LogP contribution in [0.5, 0.6) is 0 Å². The summed E-state index contributed by atoms with van der Waals surface area (Å²) in [6.45, 7) is 4.75. The molecule has 0 aromatic rings. The fraction of sp³-hybridized carbons (Fsp3) is 0.923. The normalized spacial score (nSPS) is 36.9. The molecule has 3 nitrogen and oxygen atoms in total. The molecule has 2 aliphatic rings. The lowest BCUT2D eigenvalue weighted by molar-refractivity contribution is -0.121. The molecule has 2 fully saturated rings. The molecule has 3 heteroatoms. The molecular weight excluding hydrogens is 202 g/mol. The first-order valence-electron chi connectivity index (χ1n) is 6.54. The van der Waals surface area contributed by atoms with Crippen LogP contribution in [0.4, 0.5) is 0 Å². The van der Waals surface area contributed by atoms with E-state index in [1.807, 2.05) is 6.92 Å². The number of rotatable bonds is 3. The smallest absolute Gasteiger partial charge is 0.136 e. The van der Waals surface area contributed by atoms with Crippen LogP contribution in [0.25, 0.3) is 0 Å². The van der Waals surface area contributed by atoms with E-state index in [1.165, 1.54) is 0 Å². The fourth-order valence-electron chi connectivity index (χ4n) is 3.05. The Balaban J connectivity index is 1.75. The topological polar surface area (TPSA) is 40.5 Å². The van der Waals surface area contributed by atoms with Gasteiger partial charge in [0.25, 0.3) is 0 Å². The standard InChI is InChI=1S/C13H23NO2/c1-13(16)7-3-8-14(10-13)9-6-11-4-2-5-12(11)15/h11,16H,2-10H2,1H3. The lowest BCUT2D eigenvalue weighted by Gasteiger charge is -2.37. The molecule has 2 atom stereocenters. The number of ketones is 1. The Morgan fingerprint density at radius 2 is 2.31 bits per heavy atom. The molecule has 0 spiro atoms. The number of β-amino-alcohol motifs (C(OH)–C–C–N with tert-alkyl or cyclic N) is 1. The highest BCUT2D eigenvalue weighted by Gasteiger charge is 2.30. The molecule has 0 radical (unpaired) electrons. The number of carbonyl (C=O) groups excluding carboxylic acids is 1. The number of likely N-dealkylation sites (tertiary alicyclic amines) is 1. The second-order valence-electron chi connectivity index (χ2n) is 5.72. The third kappa shape index (κ3) is 3.05. The average molecular weight is 225 g/mol. The molecule has 1 aliphatic heterocycles. The summed E-state index contributed by atoms with van der Waals surface area (Å²) in [5.41, 5.74) is -0.516. The second kappa shape index (κ2) is 4.84. The molecule has 0 aromatic heterocycles. The zero-order valence-corrected chi connectivity index (χ0v) is 10.2. The van der Waals surface area contributed by atoms with E-state index in [4.69, 9.17) is 0 Å². The number of Topliss-reactive ketones (excluding diaryl/α,β-unsaturated/α-hetero) is 1. The number of piperidine rings is 1. The second-order valence-corrected chi connectivity index (χ2v) is 5.72. The van der Waals surface area contributed by atoms with Crippen molar-refractivity contribution in [1.29, 1.82) is 0 Å². The Hall–Kier alpha value is -0.410. The first-order chi connectivity index (χ1) is 7.57. The summed E-state index contributed by atoms with van der Waals surface area (Å²) >= 11 is 0. The van der Waals surface area contributed by atoms with E-state index in [1.54, 1.807) is 0 Å². The predicted molar refractivity (Wildman–Crippen MR) is 63.3 cm³/mol. The fourth-order valence-corrected chi connectivity index (χ4v) is 3.05. The summed E-state index contributed by atoms with van der Waals surface area (Å²) in [5, 5.41) is 9.98.